The average molecular weight is 505 g/mol. The molecule has 11 heteroatoms. The van der Waals surface area contributed by atoms with Crippen molar-refractivity contribution >= 4 is 40.0 Å². The molecule has 0 atom stereocenters. The van der Waals surface area contributed by atoms with Gasteiger partial charge >= 0.3 is 0 Å². The molecule has 5 rings (SSSR count). The van der Waals surface area contributed by atoms with Crippen molar-refractivity contribution in [2.45, 2.75) is 0 Å². The molecule has 0 bridgehead atoms. The van der Waals surface area contributed by atoms with Gasteiger partial charge in [-0.25, -0.2) is 15.0 Å². The van der Waals surface area contributed by atoms with Crippen LogP contribution in [-0.2, 0) is 9.53 Å². The number of nitrogens with one attached hydrogen (secondary N) is 1. The molecule has 36 heavy (non-hydrogen) atoms. The van der Waals surface area contributed by atoms with Gasteiger partial charge in [0.25, 0.3) is 5.69 Å². The molecular formula is C25H21ClN6O4. The Morgan fingerprint density at radius 1 is 1.03 bits per heavy atom. The van der Waals surface area contributed by atoms with E-state index < -0.39 is 4.92 Å². The zero-order chi connectivity index (χ0) is 25.1. The van der Waals surface area contributed by atoms with Crippen molar-refractivity contribution in [1.29, 1.82) is 0 Å². The van der Waals surface area contributed by atoms with Crippen LogP contribution in [0.2, 0.25) is 5.15 Å². The first-order chi connectivity index (χ1) is 17.5. The third kappa shape index (κ3) is 5.30. The maximum Gasteiger partial charge on any atom is 0.269 e. The first-order valence-electron chi connectivity index (χ1n) is 11.3. The molecule has 182 valence electrons. The van der Waals surface area contributed by atoms with Gasteiger partial charge in [-0.1, -0.05) is 29.8 Å². The van der Waals surface area contributed by atoms with Crippen LogP contribution in [0.25, 0.3) is 33.4 Å². The molecule has 1 N–H and O–H groups in total. The van der Waals surface area contributed by atoms with Crippen LogP contribution in [0, 0.1) is 10.1 Å². The van der Waals surface area contributed by atoms with Gasteiger partial charge < -0.3 is 4.74 Å². The number of hydrogen-bond donors (Lipinski definition) is 1. The zero-order valence-electron chi connectivity index (χ0n) is 19.1. The van der Waals surface area contributed by atoms with E-state index >= 15 is 0 Å². The molecule has 1 amide bonds. The largest absolute Gasteiger partial charge is 0.379 e. The van der Waals surface area contributed by atoms with E-state index in [2.05, 4.69) is 20.3 Å². The van der Waals surface area contributed by atoms with Crippen LogP contribution in [0.15, 0.2) is 60.7 Å². The predicted molar refractivity (Wildman–Crippen MR) is 136 cm³/mol. The summed E-state index contributed by atoms with van der Waals surface area (Å²) in [7, 11) is 0. The Morgan fingerprint density at radius 3 is 2.50 bits per heavy atom. The molecule has 0 unspecified atom stereocenters. The zero-order valence-corrected chi connectivity index (χ0v) is 19.8. The van der Waals surface area contributed by atoms with Gasteiger partial charge in [0.05, 0.1) is 41.6 Å². The second-order valence-corrected chi connectivity index (χ2v) is 8.58. The number of non-ortho nitro benzene ring substituents is 1. The molecule has 2 aromatic heterocycles. The number of aromatic nitrogens is 3. The molecule has 1 aliphatic rings. The lowest BCUT2D eigenvalue weighted by Crippen LogP contribution is -2.41. The van der Waals surface area contributed by atoms with Gasteiger partial charge in [-0.05, 0) is 30.3 Å². The fourth-order valence-corrected chi connectivity index (χ4v) is 4.18. The summed E-state index contributed by atoms with van der Waals surface area (Å²) in [6.07, 6.45) is 0. The van der Waals surface area contributed by atoms with Crippen molar-refractivity contribution in [1.82, 2.24) is 19.9 Å². The number of nitro benzene ring substituents is 1. The number of rotatable bonds is 6. The smallest absolute Gasteiger partial charge is 0.269 e. The minimum absolute atomic E-state index is 0.0335. The Bertz CT molecular complexity index is 1440. The summed E-state index contributed by atoms with van der Waals surface area (Å²) in [4.78, 5) is 38.9. The van der Waals surface area contributed by atoms with Gasteiger partial charge in [0.1, 0.15) is 5.15 Å². The molecule has 1 fully saturated rings. The predicted octanol–water partition coefficient (Wildman–Crippen LogP) is 4.19. The number of nitro groups is 1. The van der Waals surface area contributed by atoms with Gasteiger partial charge in [-0.15, -0.1) is 0 Å². The molecule has 3 heterocycles. The highest BCUT2D eigenvalue weighted by atomic mass is 35.5. The van der Waals surface area contributed by atoms with Crippen molar-refractivity contribution in [2.24, 2.45) is 0 Å². The molecule has 1 aliphatic heterocycles. The third-order valence-corrected chi connectivity index (χ3v) is 6.06. The van der Waals surface area contributed by atoms with Crippen molar-refractivity contribution in [2.75, 3.05) is 38.2 Å². The number of ether oxygens (including phenoxy) is 1. The number of hydrogen-bond acceptors (Lipinski definition) is 8. The number of morpholine rings is 1. The number of nitrogens with zero attached hydrogens (tertiary/aromatic N) is 5. The highest BCUT2D eigenvalue weighted by Gasteiger charge is 2.18. The molecule has 4 aromatic rings. The second kappa shape index (κ2) is 10.3. The number of anilines is 1. The molecular weight excluding hydrogens is 484 g/mol. The maximum absolute atomic E-state index is 12.8. The SMILES string of the molecule is O=C(CN1CCOCC1)Nc1nc(-c2ccc([N+](=O)[O-])cc2)cc(-c2cc3ccccc3nc2Cl)n1. The lowest BCUT2D eigenvalue weighted by Gasteiger charge is -2.25. The van der Waals surface area contributed by atoms with Crippen molar-refractivity contribution in [3.8, 4) is 22.5 Å². The van der Waals surface area contributed by atoms with E-state index in [1.165, 1.54) is 12.1 Å². The van der Waals surface area contributed by atoms with Crippen LogP contribution in [-0.4, -0.2) is 63.5 Å². The highest BCUT2D eigenvalue weighted by Crippen LogP contribution is 2.32. The molecule has 0 aliphatic carbocycles. The molecule has 0 radical (unpaired) electrons. The number of para-hydroxylation sites is 1. The molecule has 10 nitrogen and oxygen atoms in total. The fraction of sp³-hybridized carbons (Fsp3) is 0.200. The molecule has 1 saturated heterocycles. The number of amides is 1. The summed E-state index contributed by atoms with van der Waals surface area (Å²) < 4.78 is 5.34. The van der Waals surface area contributed by atoms with E-state index in [0.717, 1.165) is 10.9 Å². The molecule has 0 saturated carbocycles. The number of pyridine rings is 1. The summed E-state index contributed by atoms with van der Waals surface area (Å²) in [6.45, 7) is 2.68. The number of carbonyl (C=O) groups is 1. The summed E-state index contributed by atoms with van der Waals surface area (Å²) in [6, 6.07) is 17.2. The van der Waals surface area contributed by atoms with E-state index in [-0.39, 0.29) is 29.2 Å². The minimum Gasteiger partial charge on any atom is -0.379 e. The van der Waals surface area contributed by atoms with E-state index in [4.69, 9.17) is 16.3 Å². The average Bonchev–Trinajstić information content (AvgIpc) is 2.88. The van der Waals surface area contributed by atoms with E-state index in [9.17, 15) is 14.9 Å². The Hall–Kier alpha value is -3.99. The lowest BCUT2D eigenvalue weighted by atomic mass is 10.1. The monoisotopic (exact) mass is 504 g/mol. The van der Waals surface area contributed by atoms with Gasteiger partial charge in [-0.3, -0.25) is 25.1 Å². The summed E-state index contributed by atoms with van der Waals surface area (Å²) in [5.41, 5.74) is 2.84. The lowest BCUT2D eigenvalue weighted by molar-refractivity contribution is -0.384. The van der Waals surface area contributed by atoms with Gasteiger partial charge in [0, 0.05) is 41.7 Å². The van der Waals surface area contributed by atoms with Crippen LogP contribution in [0.1, 0.15) is 0 Å². The summed E-state index contributed by atoms with van der Waals surface area (Å²) in [5, 5.41) is 15.0. The number of halogens is 1. The van der Waals surface area contributed by atoms with E-state index in [1.54, 1.807) is 18.2 Å². The Balaban J connectivity index is 1.53. The number of fused-ring (bicyclic) bond motifs is 1. The minimum atomic E-state index is -0.465. The maximum atomic E-state index is 12.8. The van der Waals surface area contributed by atoms with Crippen molar-refractivity contribution < 1.29 is 14.5 Å². The topological polar surface area (TPSA) is 123 Å². The Kier molecular flexibility index (Phi) is 6.81. The summed E-state index contributed by atoms with van der Waals surface area (Å²) >= 11 is 6.53. The Morgan fingerprint density at radius 2 is 1.75 bits per heavy atom. The van der Waals surface area contributed by atoms with Gasteiger partial charge in [-0.2, -0.15) is 0 Å². The van der Waals surface area contributed by atoms with Crippen LogP contribution in [0.5, 0.6) is 0 Å². The first-order valence-corrected chi connectivity index (χ1v) is 11.6. The van der Waals surface area contributed by atoms with Crippen LogP contribution < -0.4 is 5.32 Å². The van der Waals surface area contributed by atoms with Gasteiger partial charge in [0.15, 0.2) is 0 Å². The van der Waals surface area contributed by atoms with Crippen LogP contribution >= 0.6 is 11.6 Å². The van der Waals surface area contributed by atoms with Crippen molar-refractivity contribution in [3.05, 3.63) is 75.9 Å². The molecule has 2 aromatic carbocycles. The molecule has 0 spiro atoms. The normalized spacial score (nSPS) is 14.0. The van der Waals surface area contributed by atoms with E-state index in [0.29, 0.717) is 48.8 Å². The first kappa shape index (κ1) is 23.7. The standard InChI is InChI=1S/C25H21ClN6O4/c26-24-19(13-17-3-1-2-4-20(17)27-24)22-14-21(16-5-7-18(8-6-16)32(34)35)28-25(29-22)30-23(33)15-31-9-11-36-12-10-31/h1-8,13-14H,9-12,15H2,(H,28,29,30,33). The second-order valence-electron chi connectivity index (χ2n) is 8.22. The number of carbonyl (C=O) groups excluding carboxylic acids is 1. The quantitative estimate of drug-likeness (QED) is 0.235. The van der Waals surface area contributed by atoms with Gasteiger partial charge in [0.2, 0.25) is 11.9 Å². The number of benzene rings is 2. The van der Waals surface area contributed by atoms with E-state index in [1.807, 2.05) is 35.2 Å². The van der Waals surface area contributed by atoms with Crippen molar-refractivity contribution in [3.63, 3.8) is 0 Å². The fourth-order valence-electron chi connectivity index (χ4n) is 3.94. The van der Waals surface area contributed by atoms with Crippen LogP contribution in [0.4, 0.5) is 11.6 Å². The Labute approximate surface area is 211 Å². The van der Waals surface area contributed by atoms with Crippen LogP contribution in [0.3, 0.4) is 0 Å². The highest BCUT2D eigenvalue weighted by molar-refractivity contribution is 6.32. The third-order valence-electron chi connectivity index (χ3n) is 5.78. The summed E-state index contributed by atoms with van der Waals surface area (Å²) in [5.74, 6) is -0.158.